The van der Waals surface area contributed by atoms with Crippen molar-refractivity contribution >= 4 is 0 Å². The Labute approximate surface area is 175 Å². The van der Waals surface area contributed by atoms with Gasteiger partial charge in [0, 0.05) is 12.6 Å². The molecule has 0 radical (unpaired) electrons. The van der Waals surface area contributed by atoms with Crippen LogP contribution in [0.25, 0.3) is 0 Å². The largest absolute Gasteiger partial charge is 0.278 e. The summed E-state index contributed by atoms with van der Waals surface area (Å²) < 4.78 is 0. The smallest absolute Gasteiger partial charge is 0.113 e. The zero-order valence-corrected chi connectivity index (χ0v) is 17.3. The molecule has 1 saturated heterocycles. The van der Waals surface area contributed by atoms with Gasteiger partial charge in [-0.3, -0.25) is 4.90 Å². The summed E-state index contributed by atoms with van der Waals surface area (Å²) in [6, 6.07) is 25.5. The Morgan fingerprint density at radius 1 is 0.862 bits per heavy atom. The van der Waals surface area contributed by atoms with Crippen LogP contribution in [0.1, 0.15) is 68.4 Å². The maximum absolute atomic E-state index is 10.7. The summed E-state index contributed by atoms with van der Waals surface area (Å²) in [7, 11) is 0. The Hall–Kier alpha value is -2.11. The van der Waals surface area contributed by atoms with Crippen molar-refractivity contribution in [1.82, 2.24) is 4.90 Å². The van der Waals surface area contributed by atoms with E-state index < -0.39 is 0 Å². The number of nitrogens with zero attached hydrogens (tertiary/aromatic N) is 2. The van der Waals surface area contributed by atoms with Gasteiger partial charge in [-0.1, -0.05) is 86.3 Å². The Morgan fingerprint density at radius 3 is 2.31 bits per heavy atom. The fourth-order valence-corrected chi connectivity index (χ4v) is 6.95. The van der Waals surface area contributed by atoms with E-state index >= 15 is 0 Å². The van der Waals surface area contributed by atoms with Gasteiger partial charge in [-0.15, -0.1) is 0 Å². The Kier molecular flexibility index (Phi) is 5.18. The summed E-state index contributed by atoms with van der Waals surface area (Å²) in [6.07, 6.45) is 9.90. The van der Waals surface area contributed by atoms with Crippen LogP contribution in [0.2, 0.25) is 0 Å². The highest BCUT2D eigenvalue weighted by Crippen LogP contribution is 2.57. The highest BCUT2D eigenvalue weighted by Gasteiger charge is 2.58. The van der Waals surface area contributed by atoms with Crippen molar-refractivity contribution in [3.8, 4) is 6.07 Å². The molecule has 2 aliphatic carbocycles. The Morgan fingerprint density at radius 2 is 1.55 bits per heavy atom. The van der Waals surface area contributed by atoms with Crippen molar-refractivity contribution in [2.75, 3.05) is 0 Å². The van der Waals surface area contributed by atoms with Gasteiger partial charge >= 0.3 is 0 Å². The molecule has 5 atom stereocenters. The number of likely N-dealkylation sites (tertiary alicyclic amines) is 1. The average Bonchev–Trinajstić information content (AvgIpc) is 2.80. The number of fused-ring (bicyclic) bond motifs is 2. The van der Waals surface area contributed by atoms with E-state index in [-0.39, 0.29) is 5.54 Å². The first-order valence-electron chi connectivity index (χ1n) is 11.6. The summed E-state index contributed by atoms with van der Waals surface area (Å²) in [5.41, 5.74) is 2.52. The lowest BCUT2D eigenvalue weighted by molar-refractivity contribution is -0.0968. The monoisotopic (exact) mass is 384 g/mol. The van der Waals surface area contributed by atoms with Crippen molar-refractivity contribution in [2.45, 2.75) is 75.4 Å². The zero-order valence-electron chi connectivity index (χ0n) is 17.3. The van der Waals surface area contributed by atoms with E-state index in [1.807, 2.05) is 0 Å². The van der Waals surface area contributed by atoms with Gasteiger partial charge in [-0.05, 0) is 54.6 Å². The number of hydrogen-bond donors (Lipinski definition) is 0. The molecule has 5 rings (SSSR count). The molecule has 3 fully saturated rings. The van der Waals surface area contributed by atoms with E-state index in [4.69, 9.17) is 0 Å². The van der Waals surface area contributed by atoms with Crippen molar-refractivity contribution in [2.24, 2.45) is 11.8 Å². The summed E-state index contributed by atoms with van der Waals surface area (Å²) in [6.45, 7) is 0.924. The van der Waals surface area contributed by atoms with Crippen LogP contribution in [-0.2, 0) is 6.54 Å². The first kappa shape index (κ1) is 18.9. The summed E-state index contributed by atoms with van der Waals surface area (Å²) >= 11 is 0. The molecule has 3 aliphatic rings. The SMILES string of the molecule is N#CC12CCCCC1C(c1ccccc1)C1CCCCC1N2Cc1ccccc1. The van der Waals surface area contributed by atoms with Gasteiger partial charge < -0.3 is 0 Å². The van der Waals surface area contributed by atoms with Crippen molar-refractivity contribution < 1.29 is 0 Å². The fourth-order valence-electron chi connectivity index (χ4n) is 6.95. The third-order valence-corrected chi connectivity index (χ3v) is 8.10. The normalized spacial score (nSPS) is 34.6. The molecule has 2 aromatic rings. The van der Waals surface area contributed by atoms with Crippen LogP contribution in [0.15, 0.2) is 60.7 Å². The zero-order chi connectivity index (χ0) is 19.7. The number of rotatable bonds is 3. The van der Waals surface area contributed by atoms with E-state index in [2.05, 4.69) is 71.6 Å². The van der Waals surface area contributed by atoms with Crippen molar-refractivity contribution in [3.05, 3.63) is 71.8 Å². The second-order valence-electron chi connectivity index (χ2n) is 9.45. The molecule has 0 spiro atoms. The van der Waals surface area contributed by atoms with Crippen LogP contribution < -0.4 is 0 Å². The molecule has 0 aromatic heterocycles. The maximum atomic E-state index is 10.7. The first-order valence-corrected chi connectivity index (χ1v) is 11.6. The van der Waals surface area contributed by atoms with Gasteiger partial charge in [0.1, 0.15) is 5.54 Å². The van der Waals surface area contributed by atoms with Crippen LogP contribution in [0.5, 0.6) is 0 Å². The second-order valence-corrected chi connectivity index (χ2v) is 9.45. The van der Waals surface area contributed by atoms with Crippen LogP contribution in [0.3, 0.4) is 0 Å². The van der Waals surface area contributed by atoms with Gasteiger partial charge in [0.15, 0.2) is 0 Å². The molecule has 0 bridgehead atoms. The van der Waals surface area contributed by atoms with Crippen molar-refractivity contribution in [1.29, 1.82) is 5.26 Å². The minimum Gasteiger partial charge on any atom is -0.278 e. The molecule has 29 heavy (non-hydrogen) atoms. The second kappa shape index (κ2) is 7.96. The molecule has 0 amide bonds. The number of hydrogen-bond acceptors (Lipinski definition) is 2. The molecule has 150 valence electrons. The summed E-state index contributed by atoms with van der Waals surface area (Å²) in [4.78, 5) is 2.69. The predicted molar refractivity (Wildman–Crippen MR) is 117 cm³/mol. The van der Waals surface area contributed by atoms with Crippen LogP contribution >= 0.6 is 0 Å². The standard InChI is InChI=1S/C27H32N2/c28-20-27-18-10-9-16-24(27)26(22-13-5-2-6-14-22)23-15-7-8-17-25(23)29(27)19-21-11-3-1-4-12-21/h1-6,11-14,23-26H,7-10,15-19H2. The molecule has 2 saturated carbocycles. The summed E-state index contributed by atoms with van der Waals surface area (Å²) in [5, 5.41) is 10.7. The minimum atomic E-state index is -0.312. The number of benzene rings is 2. The number of nitriles is 1. The lowest BCUT2D eigenvalue weighted by Gasteiger charge is -2.61. The molecule has 0 N–H and O–H groups in total. The fraction of sp³-hybridized carbons (Fsp3) is 0.519. The molecule has 2 heteroatoms. The molecule has 1 heterocycles. The number of piperidine rings is 1. The Balaban J connectivity index is 1.61. The Bertz CT molecular complexity index is 855. The quantitative estimate of drug-likeness (QED) is 0.621. The van der Waals surface area contributed by atoms with E-state index in [1.165, 1.54) is 56.1 Å². The maximum Gasteiger partial charge on any atom is 0.113 e. The predicted octanol–water partition coefficient (Wildman–Crippen LogP) is 6.30. The van der Waals surface area contributed by atoms with Crippen molar-refractivity contribution in [3.63, 3.8) is 0 Å². The first-order chi connectivity index (χ1) is 14.3. The van der Waals surface area contributed by atoms with Gasteiger partial charge in [0.25, 0.3) is 0 Å². The third kappa shape index (κ3) is 3.21. The van der Waals surface area contributed by atoms with Crippen LogP contribution in [-0.4, -0.2) is 16.5 Å². The molecular formula is C27H32N2. The van der Waals surface area contributed by atoms with Gasteiger partial charge in [-0.2, -0.15) is 5.26 Å². The molecule has 2 nitrogen and oxygen atoms in total. The molecule has 1 aliphatic heterocycles. The average molecular weight is 385 g/mol. The molecule has 5 unspecified atom stereocenters. The van der Waals surface area contributed by atoms with E-state index in [9.17, 15) is 5.26 Å². The van der Waals surface area contributed by atoms with Gasteiger partial charge in [0.2, 0.25) is 0 Å². The van der Waals surface area contributed by atoms with Gasteiger partial charge in [-0.25, -0.2) is 0 Å². The van der Waals surface area contributed by atoms with E-state index in [1.54, 1.807) is 0 Å². The lowest BCUT2D eigenvalue weighted by Crippen LogP contribution is -2.66. The van der Waals surface area contributed by atoms with E-state index in [0.29, 0.717) is 23.8 Å². The molecule has 2 aromatic carbocycles. The molecular weight excluding hydrogens is 352 g/mol. The third-order valence-electron chi connectivity index (χ3n) is 8.10. The van der Waals surface area contributed by atoms with Crippen LogP contribution in [0, 0.1) is 23.2 Å². The van der Waals surface area contributed by atoms with Crippen LogP contribution in [0.4, 0.5) is 0 Å². The minimum absolute atomic E-state index is 0.312. The highest BCUT2D eigenvalue weighted by molar-refractivity contribution is 5.31. The summed E-state index contributed by atoms with van der Waals surface area (Å²) in [5.74, 6) is 1.67. The lowest BCUT2D eigenvalue weighted by atomic mass is 9.55. The van der Waals surface area contributed by atoms with Gasteiger partial charge in [0.05, 0.1) is 6.07 Å². The topological polar surface area (TPSA) is 27.0 Å². The highest BCUT2D eigenvalue weighted by atomic mass is 15.3. The van der Waals surface area contributed by atoms with E-state index in [0.717, 1.165) is 13.0 Å².